The minimum atomic E-state index is 0.0135. The zero-order valence-corrected chi connectivity index (χ0v) is 12.4. The maximum Gasteiger partial charge on any atom is 0.224 e. The normalized spacial score (nSPS) is 10.6. The lowest BCUT2D eigenvalue weighted by molar-refractivity contribution is -0.120. The smallest absolute Gasteiger partial charge is 0.224 e. The van der Waals surface area contributed by atoms with Gasteiger partial charge in [-0.25, -0.2) is 0 Å². The van der Waals surface area contributed by atoms with Crippen molar-refractivity contribution in [2.75, 3.05) is 6.54 Å². The first kappa shape index (κ1) is 14.6. The number of aromatic amines is 1. The molecule has 1 aromatic heterocycles. The minimum Gasteiger partial charge on any atom is -0.355 e. The summed E-state index contributed by atoms with van der Waals surface area (Å²) < 4.78 is 0. The second-order valence-electron chi connectivity index (χ2n) is 4.82. The van der Waals surface area contributed by atoms with E-state index >= 15 is 0 Å². The predicted octanol–water partition coefficient (Wildman–Crippen LogP) is 2.58. The minimum absolute atomic E-state index is 0.0135. The van der Waals surface area contributed by atoms with Gasteiger partial charge in [0, 0.05) is 22.8 Å². The number of carbonyl (C=O) groups is 1. The first-order valence-corrected chi connectivity index (χ1v) is 6.95. The first-order valence-electron chi connectivity index (χ1n) is 6.58. The van der Waals surface area contributed by atoms with Crippen LogP contribution in [0.1, 0.15) is 22.5 Å². The lowest BCUT2D eigenvalue weighted by Gasteiger charge is -2.06. The Morgan fingerprint density at radius 3 is 2.85 bits per heavy atom. The van der Waals surface area contributed by atoms with Gasteiger partial charge in [-0.3, -0.25) is 9.89 Å². The van der Waals surface area contributed by atoms with Crippen LogP contribution in [0.4, 0.5) is 0 Å². The molecule has 1 amide bonds. The number of aromatic nitrogens is 2. The van der Waals surface area contributed by atoms with E-state index in [0.29, 0.717) is 13.0 Å². The Morgan fingerprint density at radius 1 is 1.40 bits per heavy atom. The number of H-pyrrole nitrogens is 1. The largest absolute Gasteiger partial charge is 0.355 e. The summed E-state index contributed by atoms with van der Waals surface area (Å²) in [6, 6.07) is 7.67. The van der Waals surface area contributed by atoms with Crippen LogP contribution in [0.3, 0.4) is 0 Å². The SMILES string of the molecule is Cc1n[nH]c(C)c1CC(=O)NCCc1cccc(Cl)c1. The molecule has 1 heterocycles. The predicted molar refractivity (Wildman–Crippen MR) is 79.9 cm³/mol. The van der Waals surface area contributed by atoms with E-state index in [9.17, 15) is 4.79 Å². The summed E-state index contributed by atoms with van der Waals surface area (Å²) in [7, 11) is 0. The van der Waals surface area contributed by atoms with E-state index in [1.807, 2.05) is 38.1 Å². The highest BCUT2D eigenvalue weighted by atomic mass is 35.5. The summed E-state index contributed by atoms with van der Waals surface area (Å²) in [5.74, 6) is 0.0135. The van der Waals surface area contributed by atoms with Gasteiger partial charge in [0.15, 0.2) is 0 Å². The van der Waals surface area contributed by atoms with E-state index in [1.165, 1.54) is 0 Å². The van der Waals surface area contributed by atoms with Gasteiger partial charge < -0.3 is 5.32 Å². The Hall–Kier alpha value is -1.81. The topological polar surface area (TPSA) is 57.8 Å². The van der Waals surface area contributed by atoms with Crippen molar-refractivity contribution in [3.8, 4) is 0 Å². The zero-order valence-electron chi connectivity index (χ0n) is 11.7. The van der Waals surface area contributed by atoms with Crippen molar-refractivity contribution in [2.45, 2.75) is 26.7 Å². The Bertz CT molecular complexity index is 587. The molecule has 0 saturated heterocycles. The fourth-order valence-corrected chi connectivity index (χ4v) is 2.31. The summed E-state index contributed by atoms with van der Waals surface area (Å²) in [6.07, 6.45) is 1.14. The molecule has 1 aromatic carbocycles. The number of hydrogen-bond donors (Lipinski definition) is 2. The van der Waals surface area contributed by atoms with Crippen molar-refractivity contribution in [3.05, 3.63) is 51.8 Å². The number of rotatable bonds is 5. The van der Waals surface area contributed by atoms with Gasteiger partial charge in [-0.1, -0.05) is 23.7 Å². The maximum atomic E-state index is 11.9. The van der Waals surface area contributed by atoms with Gasteiger partial charge in [0.25, 0.3) is 0 Å². The zero-order chi connectivity index (χ0) is 14.5. The van der Waals surface area contributed by atoms with Crippen LogP contribution < -0.4 is 5.32 Å². The summed E-state index contributed by atoms with van der Waals surface area (Å²) in [6.45, 7) is 4.43. The summed E-state index contributed by atoms with van der Waals surface area (Å²) in [4.78, 5) is 11.9. The Morgan fingerprint density at radius 2 is 2.20 bits per heavy atom. The molecule has 0 spiro atoms. The third kappa shape index (κ3) is 3.84. The lowest BCUT2D eigenvalue weighted by atomic mass is 10.1. The molecular weight excluding hydrogens is 274 g/mol. The van der Waals surface area contributed by atoms with Crippen LogP contribution in [0, 0.1) is 13.8 Å². The molecule has 0 unspecified atom stereocenters. The molecular formula is C15H18ClN3O. The van der Waals surface area contributed by atoms with Crippen molar-refractivity contribution in [1.29, 1.82) is 0 Å². The van der Waals surface area contributed by atoms with Crippen molar-refractivity contribution in [3.63, 3.8) is 0 Å². The highest BCUT2D eigenvalue weighted by Gasteiger charge is 2.10. The molecule has 2 N–H and O–H groups in total. The van der Waals surface area contributed by atoms with E-state index in [0.717, 1.165) is 34.0 Å². The standard InChI is InChI=1S/C15H18ClN3O/c1-10-14(11(2)19-18-10)9-15(20)17-7-6-12-4-3-5-13(16)8-12/h3-5,8H,6-7,9H2,1-2H3,(H,17,20)(H,18,19). The molecule has 0 radical (unpaired) electrons. The Labute approximate surface area is 123 Å². The Kier molecular flexibility index (Phi) is 4.79. The molecule has 20 heavy (non-hydrogen) atoms. The second kappa shape index (κ2) is 6.57. The quantitative estimate of drug-likeness (QED) is 0.889. The number of halogens is 1. The number of amides is 1. The van der Waals surface area contributed by atoms with Crippen molar-refractivity contribution in [2.24, 2.45) is 0 Å². The van der Waals surface area contributed by atoms with E-state index in [-0.39, 0.29) is 5.91 Å². The Balaban J connectivity index is 1.81. The summed E-state index contributed by atoms with van der Waals surface area (Å²) in [5.41, 5.74) is 3.93. The molecule has 0 atom stereocenters. The number of aryl methyl sites for hydroxylation is 2. The average molecular weight is 292 g/mol. The molecule has 0 aliphatic rings. The van der Waals surface area contributed by atoms with Crippen LogP contribution in [0.25, 0.3) is 0 Å². The third-order valence-corrected chi connectivity index (χ3v) is 3.48. The van der Waals surface area contributed by atoms with Crippen molar-refractivity contribution < 1.29 is 4.79 Å². The molecule has 0 bridgehead atoms. The maximum absolute atomic E-state index is 11.9. The van der Waals surface area contributed by atoms with Crippen LogP contribution in [0.2, 0.25) is 5.02 Å². The van der Waals surface area contributed by atoms with Crippen LogP contribution in [-0.4, -0.2) is 22.6 Å². The number of nitrogens with one attached hydrogen (secondary N) is 2. The second-order valence-corrected chi connectivity index (χ2v) is 5.26. The first-order chi connectivity index (χ1) is 9.56. The van der Waals surface area contributed by atoms with E-state index in [2.05, 4.69) is 15.5 Å². The van der Waals surface area contributed by atoms with E-state index in [4.69, 9.17) is 11.6 Å². The number of benzene rings is 1. The number of nitrogens with zero attached hydrogens (tertiary/aromatic N) is 1. The van der Waals surface area contributed by atoms with Crippen LogP contribution in [-0.2, 0) is 17.6 Å². The van der Waals surface area contributed by atoms with Crippen molar-refractivity contribution in [1.82, 2.24) is 15.5 Å². The van der Waals surface area contributed by atoms with Gasteiger partial charge in [0.05, 0.1) is 12.1 Å². The van der Waals surface area contributed by atoms with Crippen molar-refractivity contribution >= 4 is 17.5 Å². The monoisotopic (exact) mass is 291 g/mol. The van der Waals surface area contributed by atoms with Gasteiger partial charge in [0.2, 0.25) is 5.91 Å². The average Bonchev–Trinajstić information content (AvgIpc) is 2.71. The van der Waals surface area contributed by atoms with Gasteiger partial charge in [-0.2, -0.15) is 5.10 Å². The molecule has 0 aliphatic heterocycles. The summed E-state index contributed by atoms with van der Waals surface area (Å²) >= 11 is 5.92. The molecule has 4 nitrogen and oxygen atoms in total. The molecule has 2 rings (SSSR count). The number of hydrogen-bond acceptors (Lipinski definition) is 2. The van der Waals surface area contributed by atoms with Gasteiger partial charge in [-0.05, 0) is 38.0 Å². The molecule has 2 aromatic rings. The molecule has 0 aliphatic carbocycles. The highest BCUT2D eigenvalue weighted by Crippen LogP contribution is 2.11. The van der Waals surface area contributed by atoms with Crippen LogP contribution in [0.15, 0.2) is 24.3 Å². The fraction of sp³-hybridized carbons (Fsp3) is 0.333. The summed E-state index contributed by atoms with van der Waals surface area (Å²) in [5, 5.41) is 10.6. The van der Waals surface area contributed by atoms with Crippen LogP contribution >= 0.6 is 11.6 Å². The molecule has 106 valence electrons. The molecule has 0 fully saturated rings. The number of carbonyl (C=O) groups excluding carboxylic acids is 1. The lowest BCUT2D eigenvalue weighted by Crippen LogP contribution is -2.27. The molecule has 0 saturated carbocycles. The third-order valence-electron chi connectivity index (χ3n) is 3.24. The highest BCUT2D eigenvalue weighted by molar-refractivity contribution is 6.30. The van der Waals surface area contributed by atoms with Gasteiger partial charge in [0.1, 0.15) is 0 Å². The fourth-order valence-electron chi connectivity index (χ4n) is 2.10. The van der Waals surface area contributed by atoms with E-state index in [1.54, 1.807) is 0 Å². The van der Waals surface area contributed by atoms with Crippen LogP contribution in [0.5, 0.6) is 0 Å². The van der Waals surface area contributed by atoms with Gasteiger partial charge in [-0.15, -0.1) is 0 Å². The van der Waals surface area contributed by atoms with E-state index < -0.39 is 0 Å². The van der Waals surface area contributed by atoms with Gasteiger partial charge >= 0.3 is 0 Å². The molecule has 5 heteroatoms.